The van der Waals surface area contributed by atoms with Crippen LogP contribution in [0.15, 0.2) is 48.5 Å². The molecule has 140 valence electrons. The van der Waals surface area contributed by atoms with Crippen LogP contribution in [0.25, 0.3) is 11.1 Å². The summed E-state index contributed by atoms with van der Waals surface area (Å²) < 4.78 is 13.2. The summed E-state index contributed by atoms with van der Waals surface area (Å²) in [7, 11) is 0. The summed E-state index contributed by atoms with van der Waals surface area (Å²) in [6.07, 6.45) is 4.41. The standard InChI is InChI=1S/C23H26FN3/c24-21-6-4-19(5-7-21)20-2-1-3-23(16-20)27-14-10-22(11-15-27)26-12-8-18(17-25)9-13-26/h1-7,16,18,22H,8-15H2. The predicted octanol–water partition coefficient (Wildman–Crippen LogP) is 4.70. The van der Waals surface area contributed by atoms with Gasteiger partial charge in [-0.05, 0) is 74.2 Å². The third-order valence-electron chi connectivity index (χ3n) is 6.08. The van der Waals surface area contributed by atoms with Crippen molar-refractivity contribution in [2.45, 2.75) is 31.7 Å². The summed E-state index contributed by atoms with van der Waals surface area (Å²) in [6, 6.07) is 18.4. The second-order valence-corrected chi connectivity index (χ2v) is 7.71. The topological polar surface area (TPSA) is 30.3 Å². The van der Waals surface area contributed by atoms with Gasteiger partial charge in [0.15, 0.2) is 0 Å². The normalized spacial score (nSPS) is 19.8. The minimum atomic E-state index is -0.198. The molecule has 2 aliphatic rings. The van der Waals surface area contributed by atoms with Gasteiger partial charge < -0.3 is 9.80 Å². The van der Waals surface area contributed by atoms with E-state index in [1.165, 1.54) is 30.7 Å². The lowest BCUT2D eigenvalue weighted by molar-refractivity contribution is 0.127. The minimum Gasteiger partial charge on any atom is -0.371 e. The molecule has 0 unspecified atom stereocenters. The lowest BCUT2D eigenvalue weighted by Gasteiger charge is -2.41. The van der Waals surface area contributed by atoms with Crippen molar-refractivity contribution in [3.8, 4) is 17.2 Å². The first kappa shape index (κ1) is 18.0. The Hall–Kier alpha value is -2.38. The molecule has 0 aliphatic carbocycles. The molecule has 2 aromatic carbocycles. The molecule has 0 N–H and O–H groups in total. The van der Waals surface area contributed by atoms with Gasteiger partial charge in [-0.15, -0.1) is 0 Å². The lowest BCUT2D eigenvalue weighted by atomic mass is 9.94. The van der Waals surface area contributed by atoms with Crippen LogP contribution < -0.4 is 4.90 Å². The molecule has 27 heavy (non-hydrogen) atoms. The van der Waals surface area contributed by atoms with E-state index in [9.17, 15) is 4.39 Å². The van der Waals surface area contributed by atoms with Crippen LogP contribution >= 0.6 is 0 Å². The van der Waals surface area contributed by atoms with E-state index in [0.29, 0.717) is 6.04 Å². The zero-order chi connectivity index (χ0) is 18.6. The second kappa shape index (κ2) is 8.10. The van der Waals surface area contributed by atoms with Gasteiger partial charge in [-0.3, -0.25) is 0 Å². The second-order valence-electron chi connectivity index (χ2n) is 7.71. The highest BCUT2D eigenvalue weighted by Crippen LogP contribution is 2.29. The molecular weight excluding hydrogens is 337 g/mol. The van der Waals surface area contributed by atoms with Crippen LogP contribution in [0.5, 0.6) is 0 Å². The maximum absolute atomic E-state index is 13.2. The van der Waals surface area contributed by atoms with E-state index < -0.39 is 0 Å². The van der Waals surface area contributed by atoms with Gasteiger partial charge in [0.1, 0.15) is 5.82 Å². The first-order valence-corrected chi connectivity index (χ1v) is 9.97. The van der Waals surface area contributed by atoms with E-state index in [1.54, 1.807) is 0 Å². The van der Waals surface area contributed by atoms with Crippen LogP contribution in [0.4, 0.5) is 10.1 Å². The smallest absolute Gasteiger partial charge is 0.123 e. The van der Waals surface area contributed by atoms with Crippen LogP contribution in [-0.4, -0.2) is 37.1 Å². The lowest BCUT2D eigenvalue weighted by Crippen LogP contribution is -2.47. The summed E-state index contributed by atoms with van der Waals surface area (Å²) in [5, 5.41) is 9.07. The Balaban J connectivity index is 1.38. The molecule has 4 heteroatoms. The average Bonchev–Trinajstić information content (AvgIpc) is 2.75. The van der Waals surface area contributed by atoms with Crippen molar-refractivity contribution in [3.05, 3.63) is 54.3 Å². The van der Waals surface area contributed by atoms with E-state index in [2.05, 4.69) is 40.1 Å². The number of rotatable bonds is 3. The van der Waals surface area contributed by atoms with E-state index in [4.69, 9.17) is 5.26 Å². The molecule has 0 radical (unpaired) electrons. The van der Waals surface area contributed by atoms with Gasteiger partial charge in [-0.1, -0.05) is 24.3 Å². The quantitative estimate of drug-likeness (QED) is 0.792. The molecule has 0 bridgehead atoms. The van der Waals surface area contributed by atoms with E-state index in [0.717, 1.165) is 50.1 Å². The fourth-order valence-electron chi connectivity index (χ4n) is 4.41. The first-order valence-electron chi connectivity index (χ1n) is 9.97. The third-order valence-corrected chi connectivity index (χ3v) is 6.08. The Labute approximate surface area is 161 Å². The fourth-order valence-corrected chi connectivity index (χ4v) is 4.41. The zero-order valence-corrected chi connectivity index (χ0v) is 15.6. The maximum atomic E-state index is 13.2. The summed E-state index contributed by atoms with van der Waals surface area (Å²) in [5.41, 5.74) is 3.43. The molecule has 2 aliphatic heterocycles. The molecule has 0 spiro atoms. The summed E-state index contributed by atoms with van der Waals surface area (Å²) >= 11 is 0. The van der Waals surface area contributed by atoms with E-state index in [1.807, 2.05) is 12.1 Å². The molecule has 0 saturated carbocycles. The molecule has 2 heterocycles. The van der Waals surface area contributed by atoms with Crippen LogP contribution in [0.2, 0.25) is 0 Å². The SMILES string of the molecule is N#CC1CCN(C2CCN(c3cccc(-c4ccc(F)cc4)c3)CC2)CC1. The van der Waals surface area contributed by atoms with Crippen LogP contribution in [0.1, 0.15) is 25.7 Å². The zero-order valence-electron chi connectivity index (χ0n) is 15.6. The largest absolute Gasteiger partial charge is 0.371 e. The molecule has 2 saturated heterocycles. The maximum Gasteiger partial charge on any atom is 0.123 e. The molecule has 2 fully saturated rings. The molecule has 0 amide bonds. The van der Waals surface area contributed by atoms with Gasteiger partial charge >= 0.3 is 0 Å². The predicted molar refractivity (Wildman–Crippen MR) is 107 cm³/mol. The Bertz CT molecular complexity index is 795. The molecule has 2 aromatic rings. The van der Waals surface area contributed by atoms with Gasteiger partial charge in [-0.2, -0.15) is 5.26 Å². The summed E-state index contributed by atoms with van der Waals surface area (Å²) in [6.45, 7) is 4.28. The summed E-state index contributed by atoms with van der Waals surface area (Å²) in [4.78, 5) is 5.06. The number of anilines is 1. The highest BCUT2D eigenvalue weighted by atomic mass is 19.1. The van der Waals surface area contributed by atoms with Crippen LogP contribution in [0, 0.1) is 23.1 Å². The number of nitrogens with zero attached hydrogens (tertiary/aromatic N) is 3. The van der Waals surface area contributed by atoms with Gasteiger partial charge in [0.05, 0.1) is 6.07 Å². The Morgan fingerprint density at radius 3 is 2.22 bits per heavy atom. The average molecular weight is 363 g/mol. The molecular formula is C23H26FN3. The molecule has 4 rings (SSSR count). The molecule has 0 aromatic heterocycles. The van der Waals surface area contributed by atoms with Gasteiger partial charge in [0.2, 0.25) is 0 Å². The van der Waals surface area contributed by atoms with Gasteiger partial charge in [0.25, 0.3) is 0 Å². The van der Waals surface area contributed by atoms with Gasteiger partial charge in [0, 0.05) is 30.7 Å². The number of nitriles is 1. The highest BCUT2D eigenvalue weighted by Gasteiger charge is 2.28. The van der Waals surface area contributed by atoms with E-state index in [-0.39, 0.29) is 11.7 Å². The molecule has 0 atom stereocenters. The number of benzene rings is 2. The molecule has 3 nitrogen and oxygen atoms in total. The van der Waals surface area contributed by atoms with Crippen molar-refractivity contribution in [1.82, 2.24) is 4.90 Å². The number of halogens is 1. The Kier molecular flexibility index (Phi) is 5.40. The Morgan fingerprint density at radius 1 is 0.852 bits per heavy atom. The highest BCUT2D eigenvalue weighted by molar-refractivity contribution is 5.68. The van der Waals surface area contributed by atoms with Crippen molar-refractivity contribution < 1.29 is 4.39 Å². The first-order chi connectivity index (χ1) is 13.2. The van der Waals surface area contributed by atoms with Crippen molar-refractivity contribution in [3.63, 3.8) is 0 Å². The van der Waals surface area contributed by atoms with Crippen molar-refractivity contribution >= 4 is 5.69 Å². The van der Waals surface area contributed by atoms with Crippen molar-refractivity contribution in [2.75, 3.05) is 31.1 Å². The number of likely N-dealkylation sites (tertiary alicyclic amines) is 1. The Morgan fingerprint density at radius 2 is 1.56 bits per heavy atom. The third kappa shape index (κ3) is 4.14. The van der Waals surface area contributed by atoms with Crippen molar-refractivity contribution in [2.24, 2.45) is 5.92 Å². The van der Waals surface area contributed by atoms with E-state index >= 15 is 0 Å². The number of hydrogen-bond acceptors (Lipinski definition) is 3. The van der Waals surface area contributed by atoms with Crippen LogP contribution in [0.3, 0.4) is 0 Å². The van der Waals surface area contributed by atoms with Crippen LogP contribution in [-0.2, 0) is 0 Å². The minimum absolute atomic E-state index is 0.198. The van der Waals surface area contributed by atoms with Gasteiger partial charge in [-0.25, -0.2) is 4.39 Å². The van der Waals surface area contributed by atoms with Crippen molar-refractivity contribution in [1.29, 1.82) is 5.26 Å². The number of piperidine rings is 2. The summed E-state index contributed by atoms with van der Waals surface area (Å²) in [5.74, 6) is 0.0614. The fraction of sp³-hybridized carbons (Fsp3) is 0.435. The number of hydrogen-bond donors (Lipinski definition) is 0. The monoisotopic (exact) mass is 363 g/mol.